The normalized spacial score (nSPS) is 11.2. The van der Waals surface area contributed by atoms with E-state index in [9.17, 15) is 10.1 Å². The van der Waals surface area contributed by atoms with E-state index in [2.05, 4.69) is 48.5 Å². The predicted molar refractivity (Wildman–Crippen MR) is 122 cm³/mol. The highest BCUT2D eigenvalue weighted by molar-refractivity contribution is 5.94. The summed E-state index contributed by atoms with van der Waals surface area (Å²) in [5, 5.41) is 16.6. The van der Waals surface area contributed by atoms with Gasteiger partial charge in [-0.3, -0.25) is 4.79 Å². The van der Waals surface area contributed by atoms with Crippen molar-refractivity contribution in [1.29, 1.82) is 5.26 Å². The van der Waals surface area contributed by atoms with Crippen molar-refractivity contribution in [2.24, 2.45) is 0 Å². The SMILES string of the molecule is Cc1cc(C)c2cc(C#N)c(NCCNC(=O)c3ccc(C(C)(C)C)cc3)nc2c1. The number of anilines is 1. The van der Waals surface area contributed by atoms with E-state index in [1.165, 1.54) is 5.56 Å². The number of nitrogens with one attached hydrogen (secondary N) is 2. The van der Waals surface area contributed by atoms with Crippen molar-refractivity contribution in [2.75, 3.05) is 18.4 Å². The number of aromatic nitrogens is 1. The van der Waals surface area contributed by atoms with Gasteiger partial charge in [0.25, 0.3) is 5.91 Å². The van der Waals surface area contributed by atoms with Crippen molar-refractivity contribution >= 4 is 22.6 Å². The maximum atomic E-state index is 12.4. The number of fused-ring (bicyclic) bond motifs is 1. The Kier molecular flexibility index (Phi) is 6.07. The van der Waals surface area contributed by atoms with Gasteiger partial charge in [0.1, 0.15) is 11.9 Å². The Morgan fingerprint density at radius 1 is 1.07 bits per heavy atom. The summed E-state index contributed by atoms with van der Waals surface area (Å²) in [5.41, 5.74) is 5.48. The van der Waals surface area contributed by atoms with Gasteiger partial charge in [-0.05, 0) is 60.2 Å². The van der Waals surface area contributed by atoms with E-state index < -0.39 is 0 Å². The van der Waals surface area contributed by atoms with Crippen LogP contribution in [0.5, 0.6) is 0 Å². The fourth-order valence-corrected chi connectivity index (χ4v) is 3.43. The summed E-state index contributed by atoms with van der Waals surface area (Å²) >= 11 is 0. The average molecular weight is 401 g/mol. The van der Waals surface area contributed by atoms with Crippen molar-refractivity contribution in [1.82, 2.24) is 10.3 Å². The first-order valence-corrected chi connectivity index (χ1v) is 10.1. The third-order valence-corrected chi connectivity index (χ3v) is 5.12. The molecule has 0 saturated carbocycles. The molecule has 0 aliphatic rings. The van der Waals surface area contributed by atoms with Crippen molar-refractivity contribution in [2.45, 2.75) is 40.0 Å². The molecule has 30 heavy (non-hydrogen) atoms. The van der Waals surface area contributed by atoms with Crippen LogP contribution in [0.4, 0.5) is 5.82 Å². The molecule has 0 radical (unpaired) electrons. The van der Waals surface area contributed by atoms with Crippen LogP contribution in [-0.4, -0.2) is 24.0 Å². The lowest BCUT2D eigenvalue weighted by molar-refractivity contribution is 0.0955. The minimum Gasteiger partial charge on any atom is -0.367 e. The summed E-state index contributed by atoms with van der Waals surface area (Å²) in [6.45, 7) is 11.4. The Morgan fingerprint density at radius 3 is 2.40 bits per heavy atom. The third kappa shape index (κ3) is 4.77. The van der Waals surface area contributed by atoms with Crippen LogP contribution in [-0.2, 0) is 5.41 Å². The van der Waals surface area contributed by atoms with Gasteiger partial charge in [0.05, 0.1) is 11.1 Å². The zero-order valence-electron chi connectivity index (χ0n) is 18.3. The largest absolute Gasteiger partial charge is 0.367 e. The highest BCUT2D eigenvalue weighted by Gasteiger charge is 2.14. The molecule has 0 aliphatic heterocycles. The molecule has 0 fully saturated rings. The number of hydrogen-bond acceptors (Lipinski definition) is 4. The van der Waals surface area contributed by atoms with Crippen molar-refractivity contribution in [3.05, 3.63) is 70.3 Å². The second kappa shape index (κ2) is 8.54. The molecule has 5 heteroatoms. The van der Waals surface area contributed by atoms with E-state index in [-0.39, 0.29) is 11.3 Å². The molecule has 1 heterocycles. The molecule has 0 bridgehead atoms. The van der Waals surface area contributed by atoms with Crippen LogP contribution in [0.3, 0.4) is 0 Å². The van der Waals surface area contributed by atoms with E-state index >= 15 is 0 Å². The molecule has 3 rings (SSSR count). The second-order valence-electron chi connectivity index (χ2n) is 8.65. The van der Waals surface area contributed by atoms with E-state index in [4.69, 9.17) is 0 Å². The van der Waals surface area contributed by atoms with E-state index in [0.717, 1.165) is 22.0 Å². The van der Waals surface area contributed by atoms with Crippen LogP contribution in [0.25, 0.3) is 10.9 Å². The van der Waals surface area contributed by atoms with Crippen molar-refractivity contribution in [3.8, 4) is 6.07 Å². The molecule has 1 aromatic heterocycles. The highest BCUT2D eigenvalue weighted by atomic mass is 16.1. The molecule has 0 spiro atoms. The first-order valence-electron chi connectivity index (χ1n) is 10.1. The zero-order chi connectivity index (χ0) is 21.9. The Balaban J connectivity index is 1.63. The molecule has 0 atom stereocenters. The minimum absolute atomic E-state index is 0.0569. The first kappa shape index (κ1) is 21.3. The summed E-state index contributed by atoms with van der Waals surface area (Å²) in [6, 6.07) is 15.9. The summed E-state index contributed by atoms with van der Waals surface area (Å²) in [6.07, 6.45) is 0. The first-order chi connectivity index (χ1) is 14.2. The number of nitrogens with zero attached hydrogens (tertiary/aromatic N) is 2. The average Bonchev–Trinajstić information content (AvgIpc) is 2.69. The fourth-order valence-electron chi connectivity index (χ4n) is 3.43. The standard InChI is InChI=1S/C25H28N4O/c1-16-12-17(2)21-14-19(15-26)23(29-22(21)13-16)27-10-11-28-24(30)18-6-8-20(9-7-18)25(3,4)5/h6-9,12-14H,10-11H2,1-5H3,(H,27,29)(H,28,30). The number of benzene rings is 2. The molecular weight excluding hydrogens is 372 g/mol. The lowest BCUT2D eigenvalue weighted by atomic mass is 9.87. The van der Waals surface area contributed by atoms with E-state index in [1.54, 1.807) is 0 Å². The number of hydrogen-bond donors (Lipinski definition) is 2. The number of nitriles is 1. The Hall–Kier alpha value is -3.39. The molecule has 5 nitrogen and oxygen atoms in total. The van der Waals surface area contributed by atoms with Gasteiger partial charge in [-0.2, -0.15) is 5.26 Å². The van der Waals surface area contributed by atoms with Crippen LogP contribution in [0.2, 0.25) is 0 Å². The maximum absolute atomic E-state index is 12.4. The molecular formula is C25H28N4O. The third-order valence-electron chi connectivity index (χ3n) is 5.12. The second-order valence-corrected chi connectivity index (χ2v) is 8.65. The van der Waals surface area contributed by atoms with Crippen LogP contribution >= 0.6 is 0 Å². The number of carbonyl (C=O) groups is 1. The van der Waals surface area contributed by atoms with Crippen LogP contribution in [0.15, 0.2) is 42.5 Å². The predicted octanol–water partition coefficient (Wildman–Crippen LogP) is 4.86. The molecule has 3 aromatic rings. The number of amides is 1. The number of aryl methyl sites for hydroxylation is 2. The Labute approximate surface area is 178 Å². The van der Waals surface area contributed by atoms with E-state index in [0.29, 0.717) is 30.0 Å². The number of rotatable bonds is 5. The molecule has 2 N–H and O–H groups in total. The van der Waals surface area contributed by atoms with Gasteiger partial charge in [0.15, 0.2) is 0 Å². The number of carbonyl (C=O) groups excluding carboxylic acids is 1. The van der Waals surface area contributed by atoms with Gasteiger partial charge in [-0.15, -0.1) is 0 Å². The smallest absolute Gasteiger partial charge is 0.251 e. The van der Waals surface area contributed by atoms with Gasteiger partial charge in [-0.25, -0.2) is 4.98 Å². The number of pyridine rings is 1. The molecule has 0 saturated heterocycles. The highest BCUT2D eigenvalue weighted by Crippen LogP contribution is 2.24. The van der Waals surface area contributed by atoms with Gasteiger partial charge < -0.3 is 10.6 Å². The molecule has 2 aromatic carbocycles. The fraction of sp³-hybridized carbons (Fsp3) is 0.320. The van der Waals surface area contributed by atoms with Gasteiger partial charge in [0, 0.05) is 24.0 Å². The lowest BCUT2D eigenvalue weighted by Crippen LogP contribution is -2.29. The van der Waals surface area contributed by atoms with Crippen molar-refractivity contribution < 1.29 is 4.79 Å². The lowest BCUT2D eigenvalue weighted by Gasteiger charge is -2.19. The zero-order valence-corrected chi connectivity index (χ0v) is 18.3. The van der Waals surface area contributed by atoms with E-state index in [1.807, 2.05) is 50.2 Å². The van der Waals surface area contributed by atoms with Gasteiger partial charge in [-0.1, -0.05) is 39.0 Å². The molecule has 154 valence electrons. The molecule has 0 aliphatic carbocycles. The Bertz CT molecular complexity index is 1120. The quantitative estimate of drug-likeness (QED) is 0.600. The minimum atomic E-state index is -0.115. The maximum Gasteiger partial charge on any atom is 0.251 e. The van der Waals surface area contributed by atoms with Crippen LogP contribution in [0.1, 0.15) is 53.4 Å². The Morgan fingerprint density at radius 2 is 1.77 bits per heavy atom. The summed E-state index contributed by atoms with van der Waals surface area (Å²) in [4.78, 5) is 17.0. The van der Waals surface area contributed by atoms with Gasteiger partial charge in [0.2, 0.25) is 0 Å². The van der Waals surface area contributed by atoms with Crippen molar-refractivity contribution in [3.63, 3.8) is 0 Å². The molecule has 0 unspecified atom stereocenters. The summed E-state index contributed by atoms with van der Waals surface area (Å²) < 4.78 is 0. The molecule has 1 amide bonds. The van der Waals surface area contributed by atoms with Crippen LogP contribution in [0, 0.1) is 25.2 Å². The summed E-state index contributed by atoms with van der Waals surface area (Å²) in [7, 11) is 0. The monoisotopic (exact) mass is 400 g/mol. The topological polar surface area (TPSA) is 77.8 Å². The van der Waals surface area contributed by atoms with Crippen LogP contribution < -0.4 is 10.6 Å². The summed E-state index contributed by atoms with van der Waals surface area (Å²) in [5.74, 6) is 0.425. The van der Waals surface area contributed by atoms with Gasteiger partial charge >= 0.3 is 0 Å².